The molecule has 1 aromatic rings. The molecule has 7 nitrogen and oxygen atoms in total. The van der Waals surface area contributed by atoms with Crippen molar-refractivity contribution in [2.24, 2.45) is 0 Å². The van der Waals surface area contributed by atoms with Gasteiger partial charge >= 0.3 is 6.03 Å². The lowest BCUT2D eigenvalue weighted by molar-refractivity contribution is -0.117. The van der Waals surface area contributed by atoms with Crippen molar-refractivity contribution >= 4 is 17.6 Å². The van der Waals surface area contributed by atoms with Crippen LogP contribution in [0.3, 0.4) is 0 Å². The molecule has 2 aliphatic heterocycles. The molecule has 3 atom stereocenters. The Kier molecular flexibility index (Phi) is 5.13. The number of morpholine rings is 1. The van der Waals surface area contributed by atoms with Crippen LogP contribution in [-0.2, 0) is 9.53 Å². The van der Waals surface area contributed by atoms with E-state index in [2.05, 4.69) is 5.32 Å². The first-order valence-electron chi connectivity index (χ1n) is 8.61. The molecule has 2 heterocycles. The minimum absolute atomic E-state index is 0.00210. The van der Waals surface area contributed by atoms with Crippen LogP contribution in [0.25, 0.3) is 0 Å². The molecule has 7 heteroatoms. The van der Waals surface area contributed by atoms with Crippen molar-refractivity contribution in [3.05, 3.63) is 24.3 Å². The van der Waals surface area contributed by atoms with Gasteiger partial charge in [0.1, 0.15) is 5.75 Å². The predicted molar refractivity (Wildman–Crippen MR) is 93.9 cm³/mol. The molecule has 3 unspecified atom stereocenters. The van der Waals surface area contributed by atoms with Crippen molar-refractivity contribution < 1.29 is 19.1 Å². The van der Waals surface area contributed by atoms with Crippen molar-refractivity contribution in [2.75, 3.05) is 31.6 Å². The van der Waals surface area contributed by atoms with Crippen molar-refractivity contribution in [3.63, 3.8) is 0 Å². The van der Waals surface area contributed by atoms with E-state index < -0.39 is 0 Å². The van der Waals surface area contributed by atoms with E-state index in [1.54, 1.807) is 16.9 Å². The molecule has 1 N–H and O–H groups in total. The fraction of sp³-hybridized carbons (Fsp3) is 0.556. The number of benzene rings is 1. The van der Waals surface area contributed by atoms with Gasteiger partial charge in [-0.15, -0.1) is 0 Å². The zero-order valence-corrected chi connectivity index (χ0v) is 14.9. The first-order chi connectivity index (χ1) is 12.0. The first-order valence-corrected chi connectivity index (χ1v) is 8.61. The maximum atomic E-state index is 12.5. The van der Waals surface area contributed by atoms with E-state index in [9.17, 15) is 9.59 Å². The molecule has 1 aromatic carbocycles. The Morgan fingerprint density at radius 3 is 2.64 bits per heavy atom. The highest BCUT2D eigenvalue weighted by molar-refractivity contribution is 5.97. The summed E-state index contributed by atoms with van der Waals surface area (Å²) in [6.45, 7) is 5.51. The average Bonchev–Trinajstić information content (AvgIpc) is 2.94. The van der Waals surface area contributed by atoms with Crippen molar-refractivity contribution in [1.82, 2.24) is 10.2 Å². The van der Waals surface area contributed by atoms with Crippen LogP contribution in [0.4, 0.5) is 10.5 Å². The molecule has 0 aromatic heterocycles. The van der Waals surface area contributed by atoms with Crippen LogP contribution in [0.1, 0.15) is 20.3 Å². The van der Waals surface area contributed by atoms with E-state index in [0.717, 1.165) is 5.69 Å². The summed E-state index contributed by atoms with van der Waals surface area (Å²) in [4.78, 5) is 28.3. The van der Waals surface area contributed by atoms with E-state index in [1.807, 2.05) is 38.1 Å². The topological polar surface area (TPSA) is 71.1 Å². The van der Waals surface area contributed by atoms with Gasteiger partial charge in [0.15, 0.2) is 0 Å². The number of amides is 3. The molecule has 0 spiro atoms. The zero-order chi connectivity index (χ0) is 18.0. The number of methoxy groups -OCH3 is 1. The van der Waals surface area contributed by atoms with Crippen LogP contribution in [0, 0.1) is 0 Å². The van der Waals surface area contributed by atoms with Crippen molar-refractivity contribution in [3.8, 4) is 5.75 Å². The maximum Gasteiger partial charge on any atom is 0.317 e. The number of carbonyl (C=O) groups is 2. The Morgan fingerprint density at radius 2 is 1.96 bits per heavy atom. The van der Waals surface area contributed by atoms with E-state index >= 15 is 0 Å². The van der Waals surface area contributed by atoms with Crippen molar-refractivity contribution in [1.29, 1.82) is 0 Å². The molecule has 0 bridgehead atoms. The summed E-state index contributed by atoms with van der Waals surface area (Å²) in [6.07, 6.45) is 0.347. The minimum atomic E-state index is -0.195. The summed E-state index contributed by atoms with van der Waals surface area (Å²) in [7, 11) is 1.60. The second-order valence-corrected chi connectivity index (χ2v) is 6.72. The number of hydrogen-bond acceptors (Lipinski definition) is 4. The number of hydrogen-bond donors (Lipinski definition) is 1. The Bertz CT molecular complexity index is 641. The van der Waals surface area contributed by atoms with E-state index in [4.69, 9.17) is 9.47 Å². The molecule has 3 rings (SSSR count). The normalized spacial score (nSPS) is 26.7. The fourth-order valence-electron chi connectivity index (χ4n) is 3.44. The van der Waals surface area contributed by atoms with Gasteiger partial charge in [-0.25, -0.2) is 4.79 Å². The highest BCUT2D eigenvalue weighted by Gasteiger charge is 2.34. The molecule has 0 radical (unpaired) electrons. The van der Waals surface area contributed by atoms with Crippen LogP contribution >= 0.6 is 0 Å². The molecule has 2 fully saturated rings. The summed E-state index contributed by atoms with van der Waals surface area (Å²) in [5.74, 6) is 0.705. The third-order valence-electron chi connectivity index (χ3n) is 4.52. The zero-order valence-electron chi connectivity index (χ0n) is 14.9. The Hall–Kier alpha value is -2.28. The number of urea groups is 1. The average molecular weight is 347 g/mol. The van der Waals surface area contributed by atoms with Crippen LogP contribution < -0.4 is 15.0 Å². The second-order valence-electron chi connectivity index (χ2n) is 6.72. The van der Waals surface area contributed by atoms with Gasteiger partial charge in [-0.3, -0.25) is 4.79 Å². The van der Waals surface area contributed by atoms with Gasteiger partial charge in [0.25, 0.3) is 0 Å². The first kappa shape index (κ1) is 17.5. The SMILES string of the molecule is COc1cccc(N2CC(NC(=O)N3CC(C)OC(C)C3)CC2=O)c1. The summed E-state index contributed by atoms with van der Waals surface area (Å²) in [6, 6.07) is 7.06. The number of anilines is 1. The monoisotopic (exact) mass is 347 g/mol. The lowest BCUT2D eigenvalue weighted by Crippen LogP contribution is -2.53. The Morgan fingerprint density at radius 1 is 1.24 bits per heavy atom. The van der Waals surface area contributed by atoms with E-state index in [0.29, 0.717) is 31.8 Å². The van der Waals surface area contributed by atoms with Gasteiger partial charge < -0.3 is 24.6 Å². The maximum absolute atomic E-state index is 12.5. The summed E-state index contributed by atoms with van der Waals surface area (Å²) < 4.78 is 10.9. The standard InChI is InChI=1S/C18H25N3O4/c1-12-9-20(10-13(2)25-12)18(23)19-14-7-17(22)21(11-14)15-5-4-6-16(8-15)24-3/h4-6,8,12-14H,7,9-11H2,1-3H3,(H,19,23). The Balaban J connectivity index is 1.61. The van der Waals surface area contributed by atoms with Gasteiger partial charge in [0, 0.05) is 37.8 Å². The summed E-state index contributed by atoms with van der Waals surface area (Å²) >= 11 is 0. The molecule has 0 aliphatic carbocycles. The predicted octanol–water partition coefficient (Wildman–Crippen LogP) is 1.62. The van der Waals surface area contributed by atoms with Gasteiger partial charge in [-0.05, 0) is 26.0 Å². The number of nitrogens with zero attached hydrogens (tertiary/aromatic N) is 2. The van der Waals surface area contributed by atoms with Crippen LogP contribution in [0.15, 0.2) is 24.3 Å². The van der Waals surface area contributed by atoms with Gasteiger partial charge in [0.05, 0.1) is 25.4 Å². The quantitative estimate of drug-likeness (QED) is 0.902. The lowest BCUT2D eigenvalue weighted by atomic mass is 10.2. The number of carbonyl (C=O) groups excluding carboxylic acids is 2. The molecule has 2 aliphatic rings. The van der Waals surface area contributed by atoms with Crippen LogP contribution in [-0.4, -0.2) is 61.8 Å². The van der Waals surface area contributed by atoms with Gasteiger partial charge in [0.2, 0.25) is 5.91 Å². The number of nitrogens with one attached hydrogen (secondary N) is 1. The number of ether oxygens (including phenoxy) is 2. The molecular weight excluding hydrogens is 322 g/mol. The third kappa shape index (κ3) is 4.04. The van der Waals surface area contributed by atoms with E-state index in [1.165, 1.54) is 0 Å². The van der Waals surface area contributed by atoms with E-state index in [-0.39, 0.29) is 30.2 Å². The summed E-state index contributed by atoms with van der Waals surface area (Å²) in [5.41, 5.74) is 0.787. The molecule has 0 saturated carbocycles. The van der Waals surface area contributed by atoms with Gasteiger partial charge in [-0.2, -0.15) is 0 Å². The molecule has 136 valence electrons. The second kappa shape index (κ2) is 7.31. The smallest absolute Gasteiger partial charge is 0.317 e. The largest absolute Gasteiger partial charge is 0.497 e. The van der Waals surface area contributed by atoms with Crippen LogP contribution in [0.5, 0.6) is 5.75 Å². The molecule has 25 heavy (non-hydrogen) atoms. The Labute approximate surface area is 147 Å². The highest BCUT2D eigenvalue weighted by Crippen LogP contribution is 2.25. The molecule has 3 amide bonds. The molecule has 2 saturated heterocycles. The van der Waals surface area contributed by atoms with Crippen LogP contribution in [0.2, 0.25) is 0 Å². The lowest BCUT2D eigenvalue weighted by Gasteiger charge is -2.35. The minimum Gasteiger partial charge on any atom is -0.497 e. The fourth-order valence-corrected chi connectivity index (χ4v) is 3.44. The van der Waals surface area contributed by atoms with Crippen molar-refractivity contribution in [2.45, 2.75) is 38.5 Å². The number of rotatable bonds is 3. The summed E-state index contributed by atoms with van der Waals surface area (Å²) in [5, 5.41) is 2.99. The van der Waals surface area contributed by atoms with Gasteiger partial charge in [-0.1, -0.05) is 6.07 Å². The molecular formula is C18H25N3O4. The highest BCUT2D eigenvalue weighted by atomic mass is 16.5. The third-order valence-corrected chi connectivity index (χ3v) is 4.52.